The number of anilines is 1. The summed E-state index contributed by atoms with van der Waals surface area (Å²) in [6.07, 6.45) is 4.68. The first-order valence-corrected chi connectivity index (χ1v) is 8.45. The molecule has 1 fully saturated rings. The summed E-state index contributed by atoms with van der Waals surface area (Å²) in [5, 5.41) is 5.92. The van der Waals surface area contributed by atoms with Crippen molar-refractivity contribution in [1.82, 2.24) is 15.2 Å². The highest BCUT2D eigenvalue weighted by Gasteiger charge is 2.24. The van der Waals surface area contributed by atoms with Crippen LogP contribution in [0, 0.1) is 6.92 Å². The van der Waals surface area contributed by atoms with Crippen molar-refractivity contribution in [2.45, 2.75) is 25.8 Å². The van der Waals surface area contributed by atoms with Gasteiger partial charge in [-0.25, -0.2) is 4.79 Å². The standard InChI is InChI=1S/C19H22N4O2/c1-14-4-6-16(7-5-14)22-19(25)23-11-8-17(9-12-23)21-18(24)15-3-2-10-20-13-15/h2-7,10,13,17H,8-9,11-12H2,1H3,(H,21,24)(H,22,25). The molecule has 130 valence electrons. The number of amides is 3. The summed E-state index contributed by atoms with van der Waals surface area (Å²) < 4.78 is 0. The van der Waals surface area contributed by atoms with E-state index in [1.54, 1.807) is 29.4 Å². The van der Waals surface area contributed by atoms with Gasteiger partial charge in [0.15, 0.2) is 0 Å². The second-order valence-electron chi connectivity index (χ2n) is 6.27. The second-order valence-corrected chi connectivity index (χ2v) is 6.27. The van der Waals surface area contributed by atoms with Crippen LogP contribution in [0.4, 0.5) is 10.5 Å². The Labute approximate surface area is 147 Å². The highest BCUT2D eigenvalue weighted by Crippen LogP contribution is 2.14. The van der Waals surface area contributed by atoms with Crippen molar-refractivity contribution < 1.29 is 9.59 Å². The van der Waals surface area contributed by atoms with E-state index in [2.05, 4.69) is 15.6 Å². The molecule has 2 N–H and O–H groups in total. The molecule has 3 rings (SSSR count). The normalized spacial score (nSPS) is 14.8. The number of carbonyl (C=O) groups excluding carboxylic acids is 2. The van der Waals surface area contributed by atoms with E-state index in [0.717, 1.165) is 24.1 Å². The molecular formula is C19H22N4O2. The molecule has 0 spiro atoms. The third-order valence-corrected chi connectivity index (χ3v) is 4.34. The highest BCUT2D eigenvalue weighted by atomic mass is 16.2. The zero-order valence-electron chi connectivity index (χ0n) is 14.2. The van der Waals surface area contributed by atoms with Crippen LogP contribution in [-0.2, 0) is 0 Å². The van der Waals surface area contributed by atoms with Crippen molar-refractivity contribution in [3.05, 3.63) is 59.9 Å². The quantitative estimate of drug-likeness (QED) is 0.904. The maximum Gasteiger partial charge on any atom is 0.321 e. The largest absolute Gasteiger partial charge is 0.349 e. The summed E-state index contributed by atoms with van der Waals surface area (Å²) in [5.41, 5.74) is 2.51. The zero-order chi connectivity index (χ0) is 17.6. The fourth-order valence-electron chi connectivity index (χ4n) is 2.83. The van der Waals surface area contributed by atoms with Gasteiger partial charge in [-0.1, -0.05) is 17.7 Å². The average Bonchev–Trinajstić information content (AvgIpc) is 2.65. The van der Waals surface area contributed by atoms with Crippen molar-refractivity contribution >= 4 is 17.6 Å². The molecule has 1 aliphatic rings. The number of urea groups is 1. The lowest BCUT2D eigenvalue weighted by molar-refractivity contribution is 0.0919. The second kappa shape index (κ2) is 7.79. The first kappa shape index (κ1) is 17.0. The monoisotopic (exact) mass is 338 g/mol. The maximum absolute atomic E-state index is 12.3. The minimum absolute atomic E-state index is 0.0798. The van der Waals surface area contributed by atoms with Gasteiger partial charge < -0.3 is 15.5 Å². The lowest BCUT2D eigenvalue weighted by Gasteiger charge is -2.32. The Morgan fingerprint density at radius 1 is 1.12 bits per heavy atom. The Morgan fingerprint density at radius 2 is 1.84 bits per heavy atom. The lowest BCUT2D eigenvalue weighted by Crippen LogP contribution is -2.47. The van der Waals surface area contributed by atoms with Crippen molar-refractivity contribution in [2.75, 3.05) is 18.4 Å². The van der Waals surface area contributed by atoms with E-state index in [1.807, 2.05) is 31.2 Å². The van der Waals surface area contributed by atoms with Gasteiger partial charge >= 0.3 is 6.03 Å². The minimum atomic E-state index is -0.115. The average molecular weight is 338 g/mol. The zero-order valence-corrected chi connectivity index (χ0v) is 14.2. The molecule has 6 nitrogen and oxygen atoms in total. The van der Waals surface area contributed by atoms with Crippen LogP contribution in [-0.4, -0.2) is 41.0 Å². The predicted octanol–water partition coefficient (Wildman–Crippen LogP) is 2.82. The summed E-state index contributed by atoms with van der Waals surface area (Å²) in [7, 11) is 0. The molecule has 3 amide bonds. The molecule has 0 aliphatic carbocycles. The maximum atomic E-state index is 12.3. The summed E-state index contributed by atoms with van der Waals surface area (Å²) in [4.78, 5) is 30.2. The smallest absolute Gasteiger partial charge is 0.321 e. The van der Waals surface area contributed by atoms with Gasteiger partial charge in [-0.15, -0.1) is 0 Å². The van der Waals surface area contributed by atoms with Crippen molar-refractivity contribution in [2.24, 2.45) is 0 Å². The lowest BCUT2D eigenvalue weighted by atomic mass is 10.0. The topological polar surface area (TPSA) is 74.3 Å². The molecule has 0 bridgehead atoms. The first-order chi connectivity index (χ1) is 12.1. The number of rotatable bonds is 3. The Kier molecular flexibility index (Phi) is 5.28. The van der Waals surface area contributed by atoms with Gasteiger partial charge in [0.05, 0.1) is 5.56 Å². The van der Waals surface area contributed by atoms with Crippen LogP contribution in [0.15, 0.2) is 48.8 Å². The molecule has 1 aromatic heterocycles. The van der Waals surface area contributed by atoms with Crippen LogP contribution in [0.25, 0.3) is 0 Å². The predicted molar refractivity (Wildman–Crippen MR) is 96.5 cm³/mol. The van der Waals surface area contributed by atoms with E-state index < -0.39 is 0 Å². The molecule has 25 heavy (non-hydrogen) atoms. The SMILES string of the molecule is Cc1ccc(NC(=O)N2CCC(NC(=O)c3cccnc3)CC2)cc1. The molecule has 0 atom stereocenters. The molecule has 0 saturated carbocycles. The molecule has 2 heterocycles. The van der Waals surface area contributed by atoms with E-state index in [0.29, 0.717) is 18.7 Å². The number of aromatic nitrogens is 1. The molecule has 2 aromatic rings. The fraction of sp³-hybridized carbons (Fsp3) is 0.316. The fourth-order valence-corrected chi connectivity index (χ4v) is 2.83. The molecule has 6 heteroatoms. The van der Waals surface area contributed by atoms with Crippen LogP contribution < -0.4 is 10.6 Å². The number of nitrogens with one attached hydrogen (secondary N) is 2. The van der Waals surface area contributed by atoms with Crippen LogP contribution in [0.2, 0.25) is 0 Å². The highest BCUT2D eigenvalue weighted by molar-refractivity contribution is 5.94. The van der Waals surface area contributed by atoms with Crippen molar-refractivity contribution in [3.8, 4) is 0 Å². The van der Waals surface area contributed by atoms with Gasteiger partial charge in [-0.3, -0.25) is 9.78 Å². The first-order valence-electron chi connectivity index (χ1n) is 8.45. The van der Waals surface area contributed by atoms with E-state index in [-0.39, 0.29) is 18.0 Å². The number of hydrogen-bond acceptors (Lipinski definition) is 3. The molecular weight excluding hydrogens is 316 g/mol. The van der Waals surface area contributed by atoms with Crippen molar-refractivity contribution in [1.29, 1.82) is 0 Å². The van der Waals surface area contributed by atoms with E-state index in [4.69, 9.17) is 0 Å². The summed E-state index contributed by atoms with van der Waals surface area (Å²) in [5.74, 6) is -0.115. The Bertz CT molecular complexity index is 723. The molecule has 1 saturated heterocycles. The van der Waals surface area contributed by atoms with E-state index in [9.17, 15) is 9.59 Å². The third-order valence-electron chi connectivity index (χ3n) is 4.34. The Hall–Kier alpha value is -2.89. The summed E-state index contributed by atoms with van der Waals surface area (Å²) in [6, 6.07) is 11.2. The van der Waals surface area contributed by atoms with Crippen LogP contribution in [0.5, 0.6) is 0 Å². The van der Waals surface area contributed by atoms with Crippen LogP contribution in [0.1, 0.15) is 28.8 Å². The van der Waals surface area contributed by atoms with Gasteiger partial charge in [-0.05, 0) is 44.0 Å². The number of likely N-dealkylation sites (tertiary alicyclic amines) is 1. The van der Waals surface area contributed by atoms with Crippen molar-refractivity contribution in [3.63, 3.8) is 0 Å². The van der Waals surface area contributed by atoms with Crippen LogP contribution >= 0.6 is 0 Å². The van der Waals surface area contributed by atoms with Gasteiger partial charge in [0.1, 0.15) is 0 Å². The number of nitrogens with zero attached hydrogens (tertiary/aromatic N) is 2. The molecule has 0 radical (unpaired) electrons. The third kappa shape index (κ3) is 4.56. The minimum Gasteiger partial charge on any atom is -0.349 e. The van der Waals surface area contributed by atoms with E-state index >= 15 is 0 Å². The number of hydrogen-bond donors (Lipinski definition) is 2. The van der Waals surface area contributed by atoms with E-state index in [1.165, 1.54) is 0 Å². The van der Waals surface area contributed by atoms with Gasteiger partial charge in [-0.2, -0.15) is 0 Å². The van der Waals surface area contributed by atoms with Gasteiger partial charge in [0, 0.05) is 37.2 Å². The van der Waals surface area contributed by atoms with Crippen LogP contribution in [0.3, 0.4) is 0 Å². The van der Waals surface area contributed by atoms with Gasteiger partial charge in [0.2, 0.25) is 0 Å². The Balaban J connectivity index is 1.47. The number of piperidine rings is 1. The van der Waals surface area contributed by atoms with Gasteiger partial charge in [0.25, 0.3) is 5.91 Å². The summed E-state index contributed by atoms with van der Waals surface area (Å²) >= 11 is 0. The number of carbonyl (C=O) groups is 2. The molecule has 1 aromatic carbocycles. The summed E-state index contributed by atoms with van der Waals surface area (Å²) in [6.45, 7) is 3.25. The number of pyridine rings is 1. The Morgan fingerprint density at radius 3 is 2.48 bits per heavy atom. The number of benzene rings is 1. The molecule has 1 aliphatic heterocycles. The molecule has 0 unspecified atom stereocenters. The number of aryl methyl sites for hydroxylation is 1.